The standard InChI is InChI=1S/C45H65F2NO6S/c1-8-9-10-14-23-30-43(46,47)31-24-15-12-11-13-22-29-37(44(51,32-33-52-7)40(50)53-42(4,5)6)39(49)48-38(34(2)3)45(54-41(48)55,35-25-18-16-19-26-35)36-27-20-17-21-28-36/h16-21,25-29,34,38,51H,8-15,22-24,30-33H2,1-7H3/b37-29+/t38-,44-/m0/s1. The number of esters is 1. The van der Waals surface area contributed by atoms with Crippen molar-refractivity contribution in [1.82, 2.24) is 4.90 Å². The van der Waals surface area contributed by atoms with Gasteiger partial charge in [0.1, 0.15) is 5.60 Å². The van der Waals surface area contributed by atoms with E-state index < -0.39 is 40.6 Å². The van der Waals surface area contributed by atoms with E-state index in [-0.39, 0.29) is 42.5 Å². The van der Waals surface area contributed by atoms with Crippen molar-refractivity contribution in [3.63, 3.8) is 0 Å². The van der Waals surface area contributed by atoms with E-state index in [2.05, 4.69) is 6.92 Å². The Balaban J connectivity index is 1.92. The largest absolute Gasteiger partial charge is 0.458 e. The first-order valence-electron chi connectivity index (χ1n) is 20.2. The van der Waals surface area contributed by atoms with Crippen LogP contribution in [0.15, 0.2) is 72.3 Å². The van der Waals surface area contributed by atoms with E-state index in [9.17, 15) is 18.7 Å². The lowest BCUT2D eigenvalue weighted by atomic mass is 9.75. The number of hydrogen-bond acceptors (Lipinski definition) is 7. The van der Waals surface area contributed by atoms with E-state index in [4.69, 9.17) is 26.4 Å². The molecule has 1 fully saturated rings. The Morgan fingerprint density at radius 1 is 0.873 bits per heavy atom. The molecule has 1 heterocycles. The lowest BCUT2D eigenvalue weighted by molar-refractivity contribution is -0.176. The summed E-state index contributed by atoms with van der Waals surface area (Å²) in [5.41, 5.74) is -3.07. The fraction of sp³-hybridized carbons (Fsp3) is 0.622. The molecule has 306 valence electrons. The molecule has 1 N–H and O–H groups in total. The highest BCUT2D eigenvalue weighted by Crippen LogP contribution is 2.48. The van der Waals surface area contributed by atoms with E-state index in [1.54, 1.807) is 26.8 Å². The molecule has 1 saturated heterocycles. The average Bonchev–Trinajstić information content (AvgIpc) is 3.47. The fourth-order valence-electron chi connectivity index (χ4n) is 7.46. The Labute approximate surface area is 334 Å². The molecule has 1 aliphatic rings. The van der Waals surface area contributed by atoms with Gasteiger partial charge in [-0.05, 0) is 64.6 Å². The molecule has 0 aromatic heterocycles. The van der Waals surface area contributed by atoms with E-state index in [0.29, 0.717) is 32.1 Å². The summed E-state index contributed by atoms with van der Waals surface area (Å²) < 4.78 is 46.6. The van der Waals surface area contributed by atoms with Crippen molar-refractivity contribution < 1.29 is 37.7 Å². The first kappa shape index (κ1) is 46.2. The van der Waals surface area contributed by atoms with Crippen molar-refractivity contribution in [3.8, 4) is 0 Å². The number of alkyl halides is 2. The summed E-state index contributed by atoms with van der Waals surface area (Å²) in [4.78, 5) is 30.5. The molecular weight excluding hydrogens is 721 g/mol. The topological polar surface area (TPSA) is 85.3 Å². The minimum Gasteiger partial charge on any atom is -0.458 e. The smallest absolute Gasteiger partial charge is 0.343 e. The molecule has 0 spiro atoms. The third-order valence-electron chi connectivity index (χ3n) is 10.2. The number of halogens is 2. The molecule has 0 unspecified atom stereocenters. The number of thiocarbonyl (C=S) groups is 1. The molecule has 0 radical (unpaired) electrons. The van der Waals surface area contributed by atoms with E-state index in [1.807, 2.05) is 74.5 Å². The number of aliphatic hydroxyl groups is 1. The Bertz CT molecular complexity index is 1490. The summed E-state index contributed by atoms with van der Waals surface area (Å²) in [5.74, 6) is -4.45. The third-order valence-corrected chi connectivity index (χ3v) is 10.5. The summed E-state index contributed by atoms with van der Waals surface area (Å²) >= 11 is 5.89. The number of hydrogen-bond donors (Lipinski definition) is 1. The van der Waals surface area contributed by atoms with Gasteiger partial charge in [0.15, 0.2) is 11.2 Å². The zero-order valence-electron chi connectivity index (χ0n) is 34.2. The highest BCUT2D eigenvalue weighted by molar-refractivity contribution is 7.80. The van der Waals surface area contributed by atoms with Crippen LogP contribution in [0.2, 0.25) is 0 Å². The van der Waals surface area contributed by atoms with Gasteiger partial charge in [-0.2, -0.15) is 0 Å². The maximum Gasteiger partial charge on any atom is 0.343 e. The summed E-state index contributed by atoms with van der Waals surface area (Å²) in [5, 5.41) is 12.3. The molecular formula is C45H65F2NO6S. The van der Waals surface area contributed by atoms with Gasteiger partial charge >= 0.3 is 5.97 Å². The molecule has 1 amide bonds. The second-order valence-electron chi connectivity index (χ2n) is 16.2. The van der Waals surface area contributed by atoms with Crippen molar-refractivity contribution in [2.45, 2.75) is 160 Å². The molecule has 0 bridgehead atoms. The minimum absolute atomic E-state index is 0.0315. The van der Waals surface area contributed by atoms with Crippen LogP contribution in [0.4, 0.5) is 8.78 Å². The van der Waals surface area contributed by atoms with Gasteiger partial charge in [-0.3, -0.25) is 9.69 Å². The second-order valence-corrected chi connectivity index (χ2v) is 16.6. The van der Waals surface area contributed by atoms with Crippen LogP contribution in [0.25, 0.3) is 0 Å². The SMILES string of the molecule is CCCCCCCC(F)(F)CCCCCCC/C=C(\C(=O)N1C(=S)OC(c2ccccc2)(c2ccccc2)[C@@H]1C(C)C)[C@@](O)(CCOC)C(=O)OC(C)(C)C. The van der Waals surface area contributed by atoms with Crippen molar-refractivity contribution >= 4 is 29.3 Å². The summed E-state index contributed by atoms with van der Waals surface area (Å²) in [7, 11) is 1.45. The lowest BCUT2D eigenvalue weighted by Crippen LogP contribution is -2.54. The molecule has 2 aromatic carbocycles. The maximum atomic E-state index is 15.1. The predicted octanol–water partition coefficient (Wildman–Crippen LogP) is 10.9. The highest BCUT2D eigenvalue weighted by Gasteiger charge is 2.59. The van der Waals surface area contributed by atoms with Gasteiger partial charge < -0.3 is 19.3 Å². The van der Waals surface area contributed by atoms with Gasteiger partial charge in [0.2, 0.25) is 5.92 Å². The number of carbonyl (C=O) groups is 2. The van der Waals surface area contributed by atoms with Crippen LogP contribution < -0.4 is 0 Å². The summed E-state index contributed by atoms with van der Waals surface area (Å²) in [6, 6.07) is 18.6. The Kier molecular flexibility index (Phi) is 17.9. The zero-order valence-corrected chi connectivity index (χ0v) is 35.0. The quantitative estimate of drug-likeness (QED) is 0.0520. The van der Waals surface area contributed by atoms with Crippen molar-refractivity contribution in [2.75, 3.05) is 13.7 Å². The number of unbranched alkanes of at least 4 members (excludes halogenated alkanes) is 9. The fourth-order valence-corrected chi connectivity index (χ4v) is 7.78. The van der Waals surface area contributed by atoms with Crippen LogP contribution in [0.3, 0.4) is 0 Å². The highest BCUT2D eigenvalue weighted by atomic mass is 32.1. The molecule has 2 atom stereocenters. The predicted molar refractivity (Wildman–Crippen MR) is 219 cm³/mol. The summed E-state index contributed by atoms with van der Waals surface area (Å²) in [6.45, 7) is 11.1. The van der Waals surface area contributed by atoms with Gasteiger partial charge in [0.25, 0.3) is 11.1 Å². The number of amides is 1. The van der Waals surface area contributed by atoms with Crippen LogP contribution in [0.1, 0.15) is 143 Å². The number of ether oxygens (including phenoxy) is 3. The molecule has 3 rings (SSSR count). The molecule has 10 heteroatoms. The molecule has 2 aromatic rings. The molecule has 0 aliphatic carbocycles. The monoisotopic (exact) mass is 785 g/mol. The van der Waals surface area contributed by atoms with Crippen LogP contribution in [0, 0.1) is 5.92 Å². The maximum absolute atomic E-state index is 15.1. The van der Waals surface area contributed by atoms with E-state index in [0.717, 1.165) is 49.7 Å². The average molecular weight is 786 g/mol. The van der Waals surface area contributed by atoms with Gasteiger partial charge in [-0.25, -0.2) is 13.6 Å². The van der Waals surface area contributed by atoms with Crippen molar-refractivity contribution in [1.29, 1.82) is 0 Å². The zero-order chi connectivity index (χ0) is 40.7. The molecule has 1 aliphatic heterocycles. The first-order valence-corrected chi connectivity index (χ1v) is 20.7. The summed E-state index contributed by atoms with van der Waals surface area (Å²) in [6.07, 6.45) is 9.39. The molecule has 0 saturated carbocycles. The van der Waals surface area contributed by atoms with Crippen LogP contribution in [0.5, 0.6) is 0 Å². The van der Waals surface area contributed by atoms with Crippen LogP contribution in [-0.2, 0) is 29.4 Å². The number of benzene rings is 2. The third kappa shape index (κ3) is 12.6. The van der Waals surface area contributed by atoms with E-state index >= 15 is 4.79 Å². The van der Waals surface area contributed by atoms with E-state index in [1.165, 1.54) is 12.0 Å². The van der Waals surface area contributed by atoms with Gasteiger partial charge in [-0.1, -0.05) is 132 Å². The van der Waals surface area contributed by atoms with Gasteiger partial charge in [0.05, 0.1) is 11.6 Å². The number of nitrogens with zero attached hydrogens (tertiary/aromatic N) is 1. The van der Waals surface area contributed by atoms with Crippen molar-refractivity contribution in [2.24, 2.45) is 5.92 Å². The first-order chi connectivity index (χ1) is 26.0. The number of rotatable bonds is 23. The Morgan fingerprint density at radius 2 is 1.38 bits per heavy atom. The van der Waals surface area contributed by atoms with Crippen LogP contribution in [-0.4, -0.2) is 63.9 Å². The normalized spacial score (nSPS) is 17.3. The van der Waals surface area contributed by atoms with Crippen LogP contribution >= 0.6 is 12.2 Å². The minimum atomic E-state index is -2.63. The number of carbonyl (C=O) groups excluding carboxylic acids is 2. The second kappa shape index (κ2) is 21.4. The molecule has 7 nitrogen and oxygen atoms in total. The Morgan fingerprint density at radius 3 is 1.87 bits per heavy atom. The van der Waals surface area contributed by atoms with Crippen molar-refractivity contribution in [3.05, 3.63) is 83.4 Å². The number of allylic oxidation sites excluding steroid dienone is 1. The Hall–Kier alpha value is -3.21. The molecule has 55 heavy (non-hydrogen) atoms. The lowest BCUT2D eigenvalue weighted by Gasteiger charge is -2.39. The number of methoxy groups -OCH3 is 1. The van der Waals surface area contributed by atoms with Gasteiger partial charge in [-0.15, -0.1) is 0 Å². The van der Waals surface area contributed by atoms with Gasteiger partial charge in [0, 0.05) is 44.1 Å².